The molecule has 6 nitrogen and oxygen atoms in total. The van der Waals surface area contributed by atoms with E-state index in [9.17, 15) is 18.0 Å². The van der Waals surface area contributed by atoms with E-state index in [-0.39, 0.29) is 17.8 Å². The lowest BCUT2D eigenvalue weighted by Gasteiger charge is -2.41. The van der Waals surface area contributed by atoms with Crippen molar-refractivity contribution in [2.24, 2.45) is 0 Å². The van der Waals surface area contributed by atoms with E-state index >= 15 is 0 Å². The van der Waals surface area contributed by atoms with E-state index in [0.29, 0.717) is 35.1 Å². The van der Waals surface area contributed by atoms with Crippen LogP contribution in [0.2, 0.25) is 10.0 Å². The Hall–Kier alpha value is -2.13. The number of halogens is 5. The van der Waals surface area contributed by atoms with E-state index in [0.717, 1.165) is 5.69 Å². The summed E-state index contributed by atoms with van der Waals surface area (Å²) in [4.78, 5) is 16.5. The molecule has 0 aliphatic carbocycles. The van der Waals surface area contributed by atoms with Gasteiger partial charge in [-0.05, 0) is 39.8 Å². The van der Waals surface area contributed by atoms with Gasteiger partial charge < -0.3 is 14.5 Å². The summed E-state index contributed by atoms with van der Waals surface area (Å²) < 4.78 is 46.5. The maximum absolute atomic E-state index is 13.4. The molecule has 3 rings (SSSR count). The quantitative estimate of drug-likeness (QED) is 0.586. The van der Waals surface area contributed by atoms with Crippen LogP contribution in [0.1, 0.15) is 32.2 Å². The number of aromatic nitrogens is 2. The number of benzene rings is 1. The number of anilines is 1. The summed E-state index contributed by atoms with van der Waals surface area (Å²) in [6, 6.07) is 5.28. The number of hydrogen-bond donors (Lipinski definition) is 0. The van der Waals surface area contributed by atoms with Gasteiger partial charge >= 0.3 is 6.18 Å². The topological polar surface area (TPSA) is 50.6 Å². The molecule has 176 valence electrons. The largest absolute Gasteiger partial charge is 0.489 e. The van der Waals surface area contributed by atoms with Crippen molar-refractivity contribution in [3.05, 3.63) is 39.6 Å². The maximum atomic E-state index is 13.4. The zero-order chi connectivity index (χ0) is 23.8. The number of piperazine rings is 1. The lowest BCUT2D eigenvalue weighted by Crippen LogP contribution is -2.55. The van der Waals surface area contributed by atoms with Crippen LogP contribution >= 0.6 is 23.2 Å². The van der Waals surface area contributed by atoms with E-state index in [2.05, 4.69) is 10.00 Å². The van der Waals surface area contributed by atoms with Gasteiger partial charge in [0, 0.05) is 37.4 Å². The summed E-state index contributed by atoms with van der Waals surface area (Å²) >= 11 is 12.0. The predicted molar refractivity (Wildman–Crippen MR) is 118 cm³/mol. The summed E-state index contributed by atoms with van der Waals surface area (Å²) in [7, 11) is 0. The summed E-state index contributed by atoms with van der Waals surface area (Å²) in [5, 5.41) is 3.85. The van der Waals surface area contributed by atoms with Crippen molar-refractivity contribution in [3.8, 4) is 5.75 Å². The number of ether oxygens (including phenoxy) is 1. The molecule has 0 spiro atoms. The number of aryl methyl sites for hydroxylation is 1. The number of rotatable bonds is 5. The van der Waals surface area contributed by atoms with Crippen LogP contribution in [0, 0.1) is 6.92 Å². The van der Waals surface area contributed by atoms with Crippen LogP contribution in [-0.2, 0) is 17.5 Å². The average Bonchev–Trinajstić information content (AvgIpc) is 2.96. The fraction of sp³-hybridized carbons (Fsp3) is 0.524. The van der Waals surface area contributed by atoms with Gasteiger partial charge in [0.1, 0.15) is 12.3 Å². The number of carbonyl (C=O) groups is 1. The molecular formula is C21H25Cl2F3N4O2. The minimum atomic E-state index is -4.70. The lowest BCUT2D eigenvalue weighted by molar-refractivity contribution is -0.146. The maximum Gasteiger partial charge on any atom is 0.434 e. The van der Waals surface area contributed by atoms with Gasteiger partial charge in [-0.25, -0.2) is 4.68 Å². The van der Waals surface area contributed by atoms with Crippen LogP contribution in [0.25, 0.3) is 0 Å². The van der Waals surface area contributed by atoms with Crippen LogP contribution in [0.4, 0.5) is 18.9 Å². The van der Waals surface area contributed by atoms with Crippen molar-refractivity contribution < 1.29 is 22.7 Å². The molecule has 32 heavy (non-hydrogen) atoms. The molecule has 1 aliphatic heterocycles. The normalized spacial score (nSPS) is 17.2. The first-order valence-corrected chi connectivity index (χ1v) is 10.9. The minimum absolute atomic E-state index is 0.0304. The zero-order valence-electron chi connectivity index (χ0n) is 18.2. The van der Waals surface area contributed by atoms with E-state index in [1.807, 2.05) is 32.9 Å². The van der Waals surface area contributed by atoms with Crippen molar-refractivity contribution in [1.82, 2.24) is 14.7 Å². The van der Waals surface area contributed by atoms with Gasteiger partial charge in [0.15, 0.2) is 5.69 Å². The molecule has 1 fully saturated rings. The van der Waals surface area contributed by atoms with Crippen molar-refractivity contribution in [1.29, 1.82) is 0 Å². The lowest BCUT2D eigenvalue weighted by atomic mass is 10.1. The Balaban J connectivity index is 1.72. The highest BCUT2D eigenvalue weighted by molar-refractivity contribution is 6.32. The molecule has 2 aromatic rings. The highest BCUT2D eigenvalue weighted by Gasteiger charge is 2.40. The van der Waals surface area contributed by atoms with Crippen molar-refractivity contribution in [3.63, 3.8) is 0 Å². The minimum Gasteiger partial charge on any atom is -0.489 e. The average molecular weight is 493 g/mol. The Morgan fingerprint density at radius 1 is 1.28 bits per heavy atom. The summed E-state index contributed by atoms with van der Waals surface area (Å²) in [5.41, 5.74) is -0.167. The van der Waals surface area contributed by atoms with Crippen LogP contribution in [-0.4, -0.2) is 52.4 Å². The summed E-state index contributed by atoms with van der Waals surface area (Å²) in [5.74, 6) is 0.137. The second-order valence-electron chi connectivity index (χ2n) is 8.07. The molecule has 1 atom stereocenters. The number of amides is 1. The van der Waals surface area contributed by atoms with Gasteiger partial charge in [0.05, 0.1) is 21.8 Å². The van der Waals surface area contributed by atoms with E-state index in [4.69, 9.17) is 27.9 Å². The third-order valence-electron chi connectivity index (χ3n) is 5.20. The molecule has 0 saturated carbocycles. The molecule has 11 heteroatoms. The summed E-state index contributed by atoms with van der Waals surface area (Å²) in [6.07, 6.45) is -4.73. The van der Waals surface area contributed by atoms with E-state index in [1.165, 1.54) is 6.92 Å². The molecule has 1 aliphatic rings. The van der Waals surface area contributed by atoms with Crippen LogP contribution in [0.15, 0.2) is 18.2 Å². The fourth-order valence-electron chi connectivity index (χ4n) is 3.76. The summed E-state index contributed by atoms with van der Waals surface area (Å²) in [6.45, 7) is 7.92. The monoisotopic (exact) mass is 492 g/mol. The van der Waals surface area contributed by atoms with Gasteiger partial charge in [-0.2, -0.15) is 18.3 Å². The first-order valence-electron chi connectivity index (χ1n) is 10.2. The number of nitrogens with zero attached hydrogens (tertiary/aromatic N) is 4. The smallest absolute Gasteiger partial charge is 0.434 e. The number of hydrogen-bond acceptors (Lipinski definition) is 4. The first-order chi connectivity index (χ1) is 14.9. The first kappa shape index (κ1) is 24.5. The molecular weight excluding hydrogens is 468 g/mol. The van der Waals surface area contributed by atoms with Crippen molar-refractivity contribution in [2.45, 2.75) is 52.6 Å². The predicted octanol–water partition coefficient (Wildman–Crippen LogP) is 5.04. The Morgan fingerprint density at radius 3 is 2.56 bits per heavy atom. The molecule has 1 aromatic heterocycles. The molecule has 1 amide bonds. The second kappa shape index (κ2) is 9.39. The molecule has 1 saturated heterocycles. The van der Waals surface area contributed by atoms with Gasteiger partial charge in [-0.3, -0.25) is 4.79 Å². The Morgan fingerprint density at radius 2 is 1.97 bits per heavy atom. The Kier molecular flexibility index (Phi) is 7.19. The Labute approximate surface area is 194 Å². The van der Waals surface area contributed by atoms with E-state index < -0.39 is 29.3 Å². The van der Waals surface area contributed by atoms with Crippen molar-refractivity contribution >= 4 is 34.8 Å². The molecule has 0 bridgehead atoms. The highest BCUT2D eigenvalue weighted by atomic mass is 35.5. The van der Waals surface area contributed by atoms with E-state index in [1.54, 1.807) is 11.0 Å². The highest BCUT2D eigenvalue weighted by Crippen LogP contribution is 2.36. The molecule has 1 unspecified atom stereocenters. The third kappa shape index (κ3) is 5.26. The van der Waals surface area contributed by atoms with Gasteiger partial charge in [0.2, 0.25) is 5.91 Å². The van der Waals surface area contributed by atoms with Crippen molar-refractivity contribution in [2.75, 3.05) is 24.5 Å². The van der Waals surface area contributed by atoms with Gasteiger partial charge in [-0.1, -0.05) is 23.2 Å². The zero-order valence-corrected chi connectivity index (χ0v) is 19.7. The van der Waals surface area contributed by atoms with Gasteiger partial charge in [-0.15, -0.1) is 0 Å². The van der Waals surface area contributed by atoms with Crippen LogP contribution in [0.5, 0.6) is 5.75 Å². The van der Waals surface area contributed by atoms with Gasteiger partial charge in [0.25, 0.3) is 0 Å². The van der Waals surface area contributed by atoms with Crippen LogP contribution in [0.3, 0.4) is 0 Å². The fourth-order valence-corrected chi connectivity index (χ4v) is 4.16. The molecule has 0 radical (unpaired) electrons. The number of carbonyl (C=O) groups excluding carboxylic acids is 1. The Bertz CT molecular complexity index is 994. The molecule has 2 heterocycles. The standard InChI is InChI=1S/C21H25Cl2F3N4O2/c1-12(2)32-17-9-15(5-6-16(17)22)28-7-8-29(13(3)10-28)18(31)11-30-20(21(24,25)26)19(23)14(4)27-30/h5-6,9,12-13H,7-8,10-11H2,1-4H3. The molecule has 0 N–H and O–H groups in total. The second-order valence-corrected chi connectivity index (χ2v) is 8.85. The molecule has 1 aromatic carbocycles. The van der Waals surface area contributed by atoms with Crippen LogP contribution < -0.4 is 9.64 Å². The number of alkyl halides is 3. The SMILES string of the molecule is Cc1nn(CC(=O)N2CCN(c3ccc(Cl)c(OC(C)C)c3)CC2C)c(C(F)(F)F)c1Cl. The third-order valence-corrected chi connectivity index (χ3v) is 5.96.